The summed E-state index contributed by atoms with van der Waals surface area (Å²) in [5.41, 5.74) is 0.636. The minimum Gasteiger partial charge on any atom is -0.374 e. The zero-order valence-electron chi connectivity index (χ0n) is 9.93. The highest BCUT2D eigenvalue weighted by Gasteiger charge is 2.17. The zero-order chi connectivity index (χ0) is 14.0. The molecule has 0 aliphatic carbocycles. The minimum absolute atomic E-state index is 0.164. The van der Waals surface area contributed by atoms with E-state index in [-0.39, 0.29) is 16.4 Å². The quantitative estimate of drug-likeness (QED) is 0.692. The number of aromatic nitrogens is 2. The van der Waals surface area contributed by atoms with Crippen molar-refractivity contribution in [1.29, 1.82) is 0 Å². The molecule has 100 valence electrons. The van der Waals surface area contributed by atoms with E-state index in [0.29, 0.717) is 6.54 Å². The molecule has 0 aliphatic heterocycles. The van der Waals surface area contributed by atoms with E-state index in [9.17, 15) is 14.5 Å². The summed E-state index contributed by atoms with van der Waals surface area (Å²) in [5.74, 6) is -0.820. The average Bonchev–Trinajstić information content (AvgIpc) is 2.75. The molecule has 0 spiro atoms. The molecule has 0 radical (unpaired) electrons. The van der Waals surface area contributed by atoms with E-state index in [4.69, 9.17) is 11.6 Å². The van der Waals surface area contributed by atoms with Crippen LogP contribution in [0.4, 0.5) is 15.8 Å². The standard InChI is InChI=1S/C11H10ClFN4O2/c1-16-7(2-3-15-16)6-14-10-4-8(12)9(13)5-11(10)17(18)19/h2-5,14H,6H2,1H3. The van der Waals surface area contributed by atoms with Crippen LogP contribution in [0, 0.1) is 15.9 Å². The molecule has 0 fully saturated rings. The lowest BCUT2D eigenvalue weighted by atomic mass is 10.2. The van der Waals surface area contributed by atoms with Crippen molar-refractivity contribution < 1.29 is 9.31 Å². The first kappa shape index (κ1) is 13.3. The minimum atomic E-state index is -0.820. The highest BCUT2D eigenvalue weighted by Crippen LogP contribution is 2.30. The lowest BCUT2D eigenvalue weighted by molar-refractivity contribution is -0.384. The Morgan fingerprint density at radius 3 is 2.89 bits per heavy atom. The fourth-order valence-corrected chi connectivity index (χ4v) is 1.75. The van der Waals surface area contributed by atoms with E-state index < -0.39 is 10.7 Å². The van der Waals surface area contributed by atoms with Gasteiger partial charge in [0.1, 0.15) is 11.5 Å². The Morgan fingerprint density at radius 1 is 1.58 bits per heavy atom. The molecule has 0 amide bonds. The van der Waals surface area contributed by atoms with Gasteiger partial charge < -0.3 is 5.32 Å². The summed E-state index contributed by atoms with van der Waals surface area (Å²) in [6.07, 6.45) is 1.61. The molecule has 0 atom stereocenters. The van der Waals surface area contributed by atoms with Crippen molar-refractivity contribution in [3.63, 3.8) is 0 Å². The van der Waals surface area contributed by atoms with Crippen molar-refractivity contribution in [3.8, 4) is 0 Å². The Kier molecular flexibility index (Phi) is 3.66. The van der Waals surface area contributed by atoms with Gasteiger partial charge in [-0.15, -0.1) is 0 Å². The molecule has 19 heavy (non-hydrogen) atoms. The molecule has 1 aromatic heterocycles. The van der Waals surface area contributed by atoms with Crippen molar-refractivity contribution in [2.24, 2.45) is 7.05 Å². The number of aryl methyl sites for hydroxylation is 1. The molecular weight excluding hydrogens is 275 g/mol. The van der Waals surface area contributed by atoms with Crippen LogP contribution < -0.4 is 5.32 Å². The van der Waals surface area contributed by atoms with Crippen LogP contribution in [0.1, 0.15) is 5.69 Å². The van der Waals surface area contributed by atoms with Crippen molar-refractivity contribution in [2.45, 2.75) is 6.54 Å². The van der Waals surface area contributed by atoms with Gasteiger partial charge in [-0.05, 0) is 12.1 Å². The van der Waals surface area contributed by atoms with Gasteiger partial charge in [0.05, 0.1) is 28.3 Å². The maximum atomic E-state index is 13.2. The van der Waals surface area contributed by atoms with Crippen LogP contribution in [0.3, 0.4) is 0 Å². The fraction of sp³-hybridized carbons (Fsp3) is 0.182. The Hall–Kier alpha value is -2.15. The van der Waals surface area contributed by atoms with Gasteiger partial charge in [-0.3, -0.25) is 14.8 Å². The number of nitrogens with zero attached hydrogens (tertiary/aromatic N) is 3. The van der Waals surface area contributed by atoms with Gasteiger partial charge in [0.25, 0.3) is 5.69 Å². The topological polar surface area (TPSA) is 73.0 Å². The van der Waals surface area contributed by atoms with Crippen LogP contribution >= 0.6 is 11.6 Å². The summed E-state index contributed by atoms with van der Waals surface area (Å²) in [4.78, 5) is 10.2. The third-order valence-electron chi connectivity index (χ3n) is 2.62. The van der Waals surface area contributed by atoms with E-state index in [1.807, 2.05) is 0 Å². The molecule has 0 bridgehead atoms. The van der Waals surface area contributed by atoms with Crippen molar-refractivity contribution >= 4 is 23.0 Å². The average molecular weight is 285 g/mol. The van der Waals surface area contributed by atoms with Crippen LogP contribution in [-0.4, -0.2) is 14.7 Å². The van der Waals surface area contributed by atoms with E-state index in [1.54, 1.807) is 24.0 Å². The molecule has 0 unspecified atom stereocenters. The number of nitro benzene ring substituents is 1. The molecule has 0 saturated carbocycles. The van der Waals surface area contributed by atoms with Gasteiger partial charge in [0.15, 0.2) is 0 Å². The SMILES string of the molecule is Cn1nccc1CNc1cc(Cl)c(F)cc1[N+](=O)[O-]. The predicted octanol–water partition coefficient (Wildman–Crippen LogP) is 2.73. The Morgan fingerprint density at radius 2 is 2.32 bits per heavy atom. The predicted molar refractivity (Wildman–Crippen MR) is 68.6 cm³/mol. The highest BCUT2D eigenvalue weighted by molar-refractivity contribution is 6.31. The number of benzene rings is 1. The molecule has 2 aromatic rings. The number of hydrogen-bond donors (Lipinski definition) is 1. The Balaban J connectivity index is 2.26. The first-order chi connectivity index (χ1) is 8.99. The van der Waals surface area contributed by atoms with Crippen LogP contribution in [0.25, 0.3) is 0 Å². The Bertz CT molecular complexity index is 629. The number of nitro groups is 1. The second-order valence-electron chi connectivity index (χ2n) is 3.84. The number of rotatable bonds is 4. The second kappa shape index (κ2) is 5.23. The van der Waals surface area contributed by atoms with E-state index >= 15 is 0 Å². The van der Waals surface area contributed by atoms with Gasteiger partial charge in [-0.1, -0.05) is 11.6 Å². The third-order valence-corrected chi connectivity index (χ3v) is 2.91. The van der Waals surface area contributed by atoms with E-state index in [0.717, 1.165) is 11.8 Å². The maximum absolute atomic E-state index is 13.2. The van der Waals surface area contributed by atoms with Crippen LogP contribution in [0.15, 0.2) is 24.4 Å². The van der Waals surface area contributed by atoms with E-state index in [1.165, 1.54) is 6.07 Å². The normalized spacial score (nSPS) is 10.5. The molecule has 0 saturated heterocycles. The van der Waals surface area contributed by atoms with Crippen LogP contribution in [-0.2, 0) is 13.6 Å². The molecule has 8 heteroatoms. The fourth-order valence-electron chi connectivity index (χ4n) is 1.59. The second-order valence-corrected chi connectivity index (χ2v) is 4.25. The van der Waals surface area contributed by atoms with Crippen LogP contribution in [0.5, 0.6) is 0 Å². The van der Waals surface area contributed by atoms with Crippen LogP contribution in [0.2, 0.25) is 5.02 Å². The summed E-state index contributed by atoms with van der Waals surface area (Å²) in [7, 11) is 1.75. The number of nitrogens with one attached hydrogen (secondary N) is 1. The number of hydrogen-bond acceptors (Lipinski definition) is 4. The summed E-state index contributed by atoms with van der Waals surface area (Å²) in [5, 5.41) is 17.5. The van der Waals surface area contributed by atoms with Gasteiger partial charge in [0, 0.05) is 13.2 Å². The molecule has 2 rings (SSSR count). The highest BCUT2D eigenvalue weighted by atomic mass is 35.5. The molecule has 0 aliphatic rings. The van der Waals surface area contributed by atoms with Crippen molar-refractivity contribution in [3.05, 3.63) is 51.0 Å². The van der Waals surface area contributed by atoms with Crippen molar-refractivity contribution in [1.82, 2.24) is 9.78 Å². The summed E-state index contributed by atoms with van der Waals surface area (Å²) in [6.45, 7) is 0.319. The smallest absolute Gasteiger partial charge is 0.295 e. The zero-order valence-corrected chi connectivity index (χ0v) is 10.7. The van der Waals surface area contributed by atoms with Gasteiger partial charge in [-0.25, -0.2) is 4.39 Å². The molecule has 1 heterocycles. The van der Waals surface area contributed by atoms with Gasteiger partial charge in [0.2, 0.25) is 0 Å². The third kappa shape index (κ3) is 2.82. The molecule has 1 N–H and O–H groups in total. The molecule has 6 nitrogen and oxygen atoms in total. The molecular formula is C11H10ClFN4O2. The first-order valence-corrected chi connectivity index (χ1v) is 5.71. The Labute approximate surface area is 112 Å². The van der Waals surface area contributed by atoms with Crippen molar-refractivity contribution in [2.75, 3.05) is 5.32 Å². The summed E-state index contributed by atoms with van der Waals surface area (Å²) < 4.78 is 14.8. The number of halogens is 2. The summed E-state index contributed by atoms with van der Waals surface area (Å²) >= 11 is 5.63. The summed E-state index contributed by atoms with van der Waals surface area (Å²) in [6, 6.07) is 3.77. The first-order valence-electron chi connectivity index (χ1n) is 5.33. The van der Waals surface area contributed by atoms with Gasteiger partial charge in [-0.2, -0.15) is 5.10 Å². The lowest BCUT2D eigenvalue weighted by Crippen LogP contribution is -2.07. The van der Waals surface area contributed by atoms with E-state index in [2.05, 4.69) is 10.4 Å². The van der Waals surface area contributed by atoms with Gasteiger partial charge >= 0.3 is 0 Å². The number of anilines is 1. The molecule has 1 aromatic carbocycles. The largest absolute Gasteiger partial charge is 0.374 e. The maximum Gasteiger partial charge on any atom is 0.295 e. The lowest BCUT2D eigenvalue weighted by Gasteiger charge is -2.08. The monoisotopic (exact) mass is 284 g/mol.